The van der Waals surface area contributed by atoms with Crippen LogP contribution in [0.15, 0.2) is 17.2 Å². The average Bonchev–Trinajstić information content (AvgIpc) is 3.22. The first-order valence-corrected chi connectivity index (χ1v) is 9.96. The summed E-state index contributed by atoms with van der Waals surface area (Å²) < 4.78 is 28.4. The molecule has 1 N–H and O–H groups in total. The molecule has 25 heavy (non-hydrogen) atoms. The molecule has 3 heterocycles. The van der Waals surface area contributed by atoms with Gasteiger partial charge in [0.05, 0.1) is 0 Å². The monoisotopic (exact) mass is 369 g/mol. The van der Waals surface area contributed by atoms with Crippen molar-refractivity contribution in [3.05, 3.63) is 18.0 Å². The molecule has 0 bridgehead atoms. The van der Waals surface area contributed by atoms with Gasteiger partial charge in [-0.3, -0.25) is 4.79 Å². The number of aliphatic carboxylic acids is 1. The number of aromatic nitrogens is 1. The van der Waals surface area contributed by atoms with Crippen LogP contribution in [0.4, 0.5) is 0 Å². The SMILES string of the molecule is Cn1cc(S(=O)(=O)N2CCCCC2)cc1C(=O)N1CCC[C@@H]1C(=O)O. The quantitative estimate of drug-likeness (QED) is 0.850. The van der Waals surface area contributed by atoms with Crippen LogP contribution >= 0.6 is 0 Å². The minimum absolute atomic E-state index is 0.0892. The Balaban J connectivity index is 1.87. The zero-order valence-corrected chi connectivity index (χ0v) is 15.0. The molecular formula is C16H23N3O5S. The van der Waals surface area contributed by atoms with Gasteiger partial charge in [0.25, 0.3) is 5.91 Å². The van der Waals surface area contributed by atoms with Gasteiger partial charge in [0.1, 0.15) is 16.6 Å². The molecule has 9 heteroatoms. The third kappa shape index (κ3) is 3.30. The standard InChI is InChI=1S/C16H23N3O5S/c1-17-11-12(25(23,24)18-7-3-2-4-8-18)10-14(17)15(20)19-9-5-6-13(19)16(21)22/h10-11,13H,2-9H2,1H3,(H,21,22)/t13-/m1/s1. The lowest BCUT2D eigenvalue weighted by molar-refractivity contribution is -0.141. The van der Waals surface area contributed by atoms with Gasteiger partial charge in [0, 0.05) is 32.9 Å². The lowest BCUT2D eigenvalue weighted by atomic mass is 10.2. The second-order valence-electron chi connectivity index (χ2n) is 6.63. The van der Waals surface area contributed by atoms with E-state index in [0.29, 0.717) is 32.5 Å². The molecule has 0 spiro atoms. The summed E-state index contributed by atoms with van der Waals surface area (Å²) in [5.74, 6) is -1.46. The van der Waals surface area contributed by atoms with Crippen LogP contribution in [0.25, 0.3) is 0 Å². The van der Waals surface area contributed by atoms with E-state index in [9.17, 15) is 23.1 Å². The first-order chi connectivity index (χ1) is 11.8. The van der Waals surface area contributed by atoms with Crippen molar-refractivity contribution in [2.24, 2.45) is 7.05 Å². The molecule has 0 saturated carbocycles. The van der Waals surface area contributed by atoms with Crippen molar-refractivity contribution in [2.75, 3.05) is 19.6 Å². The highest BCUT2D eigenvalue weighted by Crippen LogP contribution is 2.25. The van der Waals surface area contributed by atoms with Gasteiger partial charge < -0.3 is 14.6 Å². The number of carbonyl (C=O) groups excluding carboxylic acids is 1. The molecule has 0 aliphatic carbocycles. The molecule has 2 saturated heterocycles. The molecular weight excluding hydrogens is 346 g/mol. The lowest BCUT2D eigenvalue weighted by Gasteiger charge is -2.25. The van der Waals surface area contributed by atoms with Crippen molar-refractivity contribution in [1.29, 1.82) is 0 Å². The van der Waals surface area contributed by atoms with Gasteiger partial charge in [0.15, 0.2) is 0 Å². The van der Waals surface area contributed by atoms with E-state index in [-0.39, 0.29) is 10.6 Å². The third-order valence-electron chi connectivity index (χ3n) is 4.95. The smallest absolute Gasteiger partial charge is 0.326 e. The summed E-state index contributed by atoms with van der Waals surface area (Å²) in [4.78, 5) is 25.4. The first kappa shape index (κ1) is 17.9. The Morgan fingerprint density at radius 3 is 2.44 bits per heavy atom. The number of carboxylic acid groups (broad SMARTS) is 1. The molecule has 138 valence electrons. The van der Waals surface area contributed by atoms with Crippen LogP contribution in [0.2, 0.25) is 0 Å². The fourth-order valence-electron chi connectivity index (χ4n) is 3.56. The number of hydrogen-bond acceptors (Lipinski definition) is 4. The van der Waals surface area contributed by atoms with Crippen molar-refractivity contribution in [3.8, 4) is 0 Å². The molecule has 1 aromatic rings. The number of hydrogen-bond donors (Lipinski definition) is 1. The maximum Gasteiger partial charge on any atom is 0.326 e. The molecule has 2 aliphatic rings. The van der Waals surface area contributed by atoms with Gasteiger partial charge in [-0.05, 0) is 31.7 Å². The molecule has 0 unspecified atom stereocenters. The largest absolute Gasteiger partial charge is 0.480 e. The summed E-state index contributed by atoms with van der Waals surface area (Å²) in [5, 5.41) is 9.25. The second-order valence-corrected chi connectivity index (χ2v) is 8.57. The second kappa shape index (κ2) is 6.80. The Morgan fingerprint density at radius 1 is 1.12 bits per heavy atom. The van der Waals surface area contributed by atoms with Crippen LogP contribution in [0.5, 0.6) is 0 Å². The molecule has 0 aromatic carbocycles. The van der Waals surface area contributed by atoms with Gasteiger partial charge in [-0.15, -0.1) is 0 Å². The Morgan fingerprint density at radius 2 is 1.80 bits per heavy atom. The number of carboxylic acids is 1. The molecule has 0 radical (unpaired) electrons. The number of sulfonamides is 1. The minimum atomic E-state index is -3.63. The summed E-state index contributed by atoms with van der Waals surface area (Å²) in [6.07, 6.45) is 5.19. The summed E-state index contributed by atoms with van der Waals surface area (Å²) in [5.41, 5.74) is 0.198. The highest BCUT2D eigenvalue weighted by atomic mass is 32.2. The summed E-state index contributed by atoms with van der Waals surface area (Å²) in [6, 6.07) is 0.522. The average molecular weight is 369 g/mol. The summed E-state index contributed by atoms with van der Waals surface area (Å²) in [6.45, 7) is 1.36. The van der Waals surface area contributed by atoms with Crippen LogP contribution in [0.1, 0.15) is 42.6 Å². The number of carbonyl (C=O) groups is 2. The predicted molar refractivity (Wildman–Crippen MR) is 89.7 cm³/mol. The maximum atomic E-state index is 12.8. The van der Waals surface area contributed by atoms with Crippen LogP contribution in [-0.2, 0) is 21.9 Å². The van der Waals surface area contributed by atoms with Crippen LogP contribution in [-0.4, -0.2) is 64.8 Å². The third-order valence-corrected chi connectivity index (χ3v) is 6.81. The van der Waals surface area contributed by atoms with E-state index >= 15 is 0 Å². The van der Waals surface area contributed by atoms with Crippen molar-refractivity contribution in [3.63, 3.8) is 0 Å². The van der Waals surface area contributed by atoms with Crippen molar-refractivity contribution >= 4 is 21.9 Å². The normalized spacial score (nSPS) is 22.3. The molecule has 1 aromatic heterocycles. The Hall–Kier alpha value is -1.87. The van der Waals surface area contributed by atoms with Gasteiger partial charge in [-0.25, -0.2) is 13.2 Å². The van der Waals surface area contributed by atoms with Crippen LogP contribution in [0.3, 0.4) is 0 Å². The lowest BCUT2D eigenvalue weighted by Crippen LogP contribution is -2.41. The van der Waals surface area contributed by atoms with E-state index in [4.69, 9.17) is 0 Å². The number of nitrogens with zero attached hydrogens (tertiary/aromatic N) is 3. The number of aryl methyl sites for hydroxylation is 1. The zero-order valence-electron chi connectivity index (χ0n) is 14.2. The molecule has 1 atom stereocenters. The highest BCUT2D eigenvalue weighted by molar-refractivity contribution is 7.89. The van der Waals surface area contributed by atoms with E-state index in [0.717, 1.165) is 19.3 Å². The van der Waals surface area contributed by atoms with Crippen molar-refractivity contribution < 1.29 is 23.1 Å². The van der Waals surface area contributed by atoms with Gasteiger partial charge in [-0.1, -0.05) is 6.42 Å². The first-order valence-electron chi connectivity index (χ1n) is 8.52. The van der Waals surface area contributed by atoms with Gasteiger partial charge >= 0.3 is 5.97 Å². The number of piperidine rings is 1. The van der Waals surface area contributed by atoms with Gasteiger partial charge in [-0.2, -0.15) is 4.31 Å². The zero-order chi connectivity index (χ0) is 18.2. The fourth-order valence-corrected chi connectivity index (χ4v) is 5.14. The number of rotatable bonds is 4. The predicted octanol–water partition coefficient (Wildman–Crippen LogP) is 0.889. The minimum Gasteiger partial charge on any atom is -0.480 e. The molecule has 3 rings (SSSR count). The Kier molecular flexibility index (Phi) is 4.88. The van der Waals surface area contributed by atoms with E-state index in [2.05, 4.69) is 0 Å². The summed E-state index contributed by atoms with van der Waals surface area (Å²) >= 11 is 0. The molecule has 1 amide bonds. The van der Waals surface area contributed by atoms with Crippen LogP contribution < -0.4 is 0 Å². The molecule has 2 aliphatic heterocycles. The van der Waals surface area contributed by atoms with E-state index < -0.39 is 27.9 Å². The Labute approximate surface area is 147 Å². The Bertz CT molecular complexity index is 780. The van der Waals surface area contributed by atoms with Crippen LogP contribution in [0, 0.1) is 0 Å². The topological polar surface area (TPSA) is 99.9 Å². The maximum absolute atomic E-state index is 12.8. The summed E-state index contributed by atoms with van der Waals surface area (Å²) in [7, 11) is -2.02. The molecule has 8 nitrogen and oxygen atoms in total. The van der Waals surface area contributed by atoms with Crippen molar-refractivity contribution in [1.82, 2.24) is 13.8 Å². The van der Waals surface area contributed by atoms with E-state index in [1.807, 2.05) is 0 Å². The van der Waals surface area contributed by atoms with E-state index in [1.165, 1.54) is 26.0 Å². The fraction of sp³-hybridized carbons (Fsp3) is 0.625. The van der Waals surface area contributed by atoms with E-state index in [1.54, 1.807) is 7.05 Å². The highest BCUT2D eigenvalue weighted by Gasteiger charge is 2.36. The van der Waals surface area contributed by atoms with Gasteiger partial charge in [0.2, 0.25) is 10.0 Å². The number of likely N-dealkylation sites (tertiary alicyclic amines) is 1. The van der Waals surface area contributed by atoms with Crippen molar-refractivity contribution in [2.45, 2.75) is 43.0 Å². The number of amides is 1. The molecule has 2 fully saturated rings.